The fourth-order valence-corrected chi connectivity index (χ4v) is 5.18. The van der Waals surface area contributed by atoms with Crippen LogP contribution in [-0.4, -0.2) is 30.3 Å². The highest BCUT2D eigenvalue weighted by molar-refractivity contribution is 5.97. The van der Waals surface area contributed by atoms with E-state index in [2.05, 4.69) is 21.7 Å². The third kappa shape index (κ3) is 8.74. The summed E-state index contributed by atoms with van der Waals surface area (Å²) in [4.78, 5) is 25.0. The number of benzene rings is 3. The summed E-state index contributed by atoms with van der Waals surface area (Å²) in [7, 11) is 0. The number of amides is 2. The number of rotatable bonds is 13. The molecule has 1 aliphatic carbocycles. The third-order valence-corrected chi connectivity index (χ3v) is 7.81. The molecule has 0 atom stereocenters. The van der Waals surface area contributed by atoms with E-state index in [0.29, 0.717) is 41.1 Å². The van der Waals surface area contributed by atoms with Crippen molar-refractivity contribution in [2.45, 2.75) is 50.5 Å². The number of halogens is 3. The van der Waals surface area contributed by atoms with E-state index < -0.39 is 12.3 Å². The standard InChI is InChI=1S/C28H25F3N2O3.C8H10N2/c29-24-3-1-2-21(13-24)26-15-22(12-23-14-25(16-33-18-35)36-27(23)26)20-6-4-19(5-7-20)8-9-28(30,31)10-11-32-17-34;9-8-4-3-7(5-10-8)6-1-2-6/h1-7,12-15,17-18H,8-11,16H2,(H,32,34)(H,33,35);3-6H,1-2H2,(H2,9,10). The molecule has 5 aromatic rings. The molecule has 6 rings (SSSR count). The van der Waals surface area contributed by atoms with E-state index in [9.17, 15) is 22.8 Å². The topological polar surface area (TPSA) is 110 Å². The second-order valence-corrected chi connectivity index (χ2v) is 11.3. The zero-order chi connectivity index (χ0) is 32.5. The molecule has 1 fully saturated rings. The lowest BCUT2D eigenvalue weighted by Gasteiger charge is -2.16. The van der Waals surface area contributed by atoms with E-state index in [-0.39, 0.29) is 31.7 Å². The van der Waals surface area contributed by atoms with Crippen molar-refractivity contribution >= 4 is 29.6 Å². The average Bonchev–Trinajstić information content (AvgIpc) is 3.82. The number of fused-ring (bicyclic) bond motifs is 1. The van der Waals surface area contributed by atoms with Gasteiger partial charge in [0.05, 0.1) is 6.54 Å². The van der Waals surface area contributed by atoms with Crippen molar-refractivity contribution < 1.29 is 27.2 Å². The maximum atomic E-state index is 14.0. The van der Waals surface area contributed by atoms with Crippen LogP contribution in [0.3, 0.4) is 0 Å². The molecule has 0 unspecified atom stereocenters. The van der Waals surface area contributed by atoms with Gasteiger partial charge in [0, 0.05) is 36.5 Å². The minimum absolute atomic E-state index is 0.0630. The third-order valence-electron chi connectivity index (χ3n) is 7.81. The minimum atomic E-state index is -2.86. The maximum Gasteiger partial charge on any atom is 0.250 e. The van der Waals surface area contributed by atoms with E-state index in [1.807, 2.05) is 54.7 Å². The Morgan fingerprint density at radius 2 is 1.67 bits per heavy atom. The summed E-state index contributed by atoms with van der Waals surface area (Å²) in [5, 5.41) is 5.63. The van der Waals surface area contributed by atoms with Crippen molar-refractivity contribution in [1.29, 1.82) is 0 Å². The summed E-state index contributed by atoms with van der Waals surface area (Å²) in [6.07, 6.45) is 5.03. The highest BCUT2D eigenvalue weighted by Gasteiger charge is 2.27. The molecule has 7 nitrogen and oxygen atoms in total. The quantitative estimate of drug-likeness (QED) is 0.0930. The summed E-state index contributed by atoms with van der Waals surface area (Å²) in [5.41, 5.74) is 11.2. The van der Waals surface area contributed by atoms with Gasteiger partial charge < -0.3 is 20.8 Å². The Bertz CT molecular complexity index is 1770. The van der Waals surface area contributed by atoms with Gasteiger partial charge in [-0.05, 0) is 89.4 Å². The molecule has 3 aromatic carbocycles. The van der Waals surface area contributed by atoms with Gasteiger partial charge in [-0.15, -0.1) is 0 Å². The highest BCUT2D eigenvalue weighted by atomic mass is 19.3. The van der Waals surface area contributed by atoms with Crippen molar-refractivity contribution in [2.75, 3.05) is 12.3 Å². The monoisotopic (exact) mass is 628 g/mol. The number of alkyl halides is 2. The number of nitrogens with two attached hydrogens (primary N) is 1. The molecule has 0 aliphatic heterocycles. The van der Waals surface area contributed by atoms with Crippen LogP contribution in [-0.2, 0) is 22.6 Å². The fraction of sp³-hybridized carbons (Fsp3) is 0.250. The second-order valence-electron chi connectivity index (χ2n) is 11.3. The molecule has 1 aliphatic rings. The normalized spacial score (nSPS) is 12.7. The van der Waals surface area contributed by atoms with Crippen molar-refractivity contribution in [3.05, 3.63) is 108 Å². The molecule has 1 saturated carbocycles. The molecular formula is C36H35F3N4O3. The van der Waals surface area contributed by atoms with Gasteiger partial charge in [-0.3, -0.25) is 9.59 Å². The lowest BCUT2D eigenvalue weighted by molar-refractivity contribution is -0.110. The number of hydrogen-bond donors (Lipinski definition) is 3. The van der Waals surface area contributed by atoms with Crippen LogP contribution in [0, 0.1) is 5.82 Å². The molecule has 2 aromatic heterocycles. The fourth-order valence-electron chi connectivity index (χ4n) is 5.18. The van der Waals surface area contributed by atoms with Gasteiger partial charge in [-0.2, -0.15) is 0 Å². The Hall–Kier alpha value is -5.12. The molecule has 0 bridgehead atoms. The number of furan rings is 1. The van der Waals surface area contributed by atoms with Gasteiger partial charge >= 0.3 is 0 Å². The Labute approximate surface area is 265 Å². The summed E-state index contributed by atoms with van der Waals surface area (Å²) in [6.45, 7) is 0.160. The molecule has 4 N–H and O–H groups in total. The first-order valence-electron chi connectivity index (χ1n) is 15.1. The van der Waals surface area contributed by atoms with Crippen LogP contribution in [0.4, 0.5) is 19.0 Å². The van der Waals surface area contributed by atoms with Crippen molar-refractivity contribution in [3.8, 4) is 22.3 Å². The van der Waals surface area contributed by atoms with Crippen LogP contribution in [0.5, 0.6) is 0 Å². The van der Waals surface area contributed by atoms with Crippen LogP contribution < -0.4 is 16.4 Å². The summed E-state index contributed by atoms with van der Waals surface area (Å²) in [5.74, 6) is -1.27. The van der Waals surface area contributed by atoms with Gasteiger partial charge in [0.15, 0.2) is 0 Å². The van der Waals surface area contributed by atoms with Gasteiger partial charge in [0.25, 0.3) is 0 Å². The number of carbonyl (C=O) groups is 2. The van der Waals surface area contributed by atoms with Crippen LogP contribution >= 0.6 is 0 Å². The number of aryl methyl sites for hydroxylation is 1. The number of anilines is 1. The minimum Gasteiger partial charge on any atom is -0.459 e. The average molecular weight is 629 g/mol. The number of pyridine rings is 1. The van der Waals surface area contributed by atoms with Gasteiger partial charge in [-0.1, -0.05) is 42.5 Å². The van der Waals surface area contributed by atoms with Crippen molar-refractivity contribution in [3.63, 3.8) is 0 Å². The number of hydrogen-bond acceptors (Lipinski definition) is 5. The number of aromatic nitrogens is 1. The predicted octanol–water partition coefficient (Wildman–Crippen LogP) is 7.40. The molecule has 0 saturated heterocycles. The van der Waals surface area contributed by atoms with Crippen LogP contribution in [0.1, 0.15) is 48.5 Å². The van der Waals surface area contributed by atoms with E-state index in [1.165, 1.54) is 30.5 Å². The Kier molecular flexibility index (Phi) is 10.4. The lowest BCUT2D eigenvalue weighted by atomic mass is 9.95. The molecule has 46 heavy (non-hydrogen) atoms. The molecule has 0 radical (unpaired) electrons. The summed E-state index contributed by atoms with van der Waals surface area (Å²) < 4.78 is 48.0. The molecule has 238 valence electrons. The first kappa shape index (κ1) is 32.3. The Balaban J connectivity index is 0.000000350. The van der Waals surface area contributed by atoms with E-state index in [1.54, 1.807) is 12.1 Å². The van der Waals surface area contributed by atoms with Crippen molar-refractivity contribution in [2.24, 2.45) is 0 Å². The van der Waals surface area contributed by atoms with Crippen LogP contribution in [0.2, 0.25) is 0 Å². The van der Waals surface area contributed by atoms with E-state index >= 15 is 0 Å². The van der Waals surface area contributed by atoms with Gasteiger partial charge in [-0.25, -0.2) is 18.2 Å². The Morgan fingerprint density at radius 1 is 0.891 bits per heavy atom. The lowest BCUT2D eigenvalue weighted by Crippen LogP contribution is -2.24. The van der Waals surface area contributed by atoms with Crippen molar-refractivity contribution in [1.82, 2.24) is 15.6 Å². The number of nitrogens with zero attached hydrogens (tertiary/aromatic N) is 1. The Morgan fingerprint density at radius 3 is 2.35 bits per heavy atom. The predicted molar refractivity (Wildman–Crippen MR) is 173 cm³/mol. The second kappa shape index (κ2) is 14.8. The summed E-state index contributed by atoms with van der Waals surface area (Å²) >= 11 is 0. The number of carbonyl (C=O) groups excluding carboxylic acids is 2. The molecule has 2 heterocycles. The number of nitrogen functional groups attached to an aromatic ring is 1. The van der Waals surface area contributed by atoms with E-state index in [4.69, 9.17) is 10.2 Å². The van der Waals surface area contributed by atoms with E-state index in [0.717, 1.165) is 28.0 Å². The first-order valence-corrected chi connectivity index (χ1v) is 15.1. The SMILES string of the molecule is Nc1ccc(C2CC2)cn1.O=CNCCC(F)(F)CCc1ccc(-c2cc(-c3cccc(F)c3)c3oc(CNC=O)cc3c2)cc1. The largest absolute Gasteiger partial charge is 0.459 e. The first-order chi connectivity index (χ1) is 22.2. The molecular weight excluding hydrogens is 593 g/mol. The van der Waals surface area contributed by atoms with Crippen LogP contribution in [0.15, 0.2) is 89.5 Å². The molecule has 10 heteroatoms. The van der Waals surface area contributed by atoms with Gasteiger partial charge in [0.1, 0.15) is 23.0 Å². The zero-order valence-electron chi connectivity index (χ0n) is 25.1. The molecule has 2 amide bonds. The number of nitrogens with one attached hydrogen (secondary N) is 2. The maximum absolute atomic E-state index is 14.0. The molecule has 0 spiro atoms. The highest BCUT2D eigenvalue weighted by Crippen LogP contribution is 2.39. The smallest absolute Gasteiger partial charge is 0.250 e. The van der Waals surface area contributed by atoms with Gasteiger partial charge in [0.2, 0.25) is 18.7 Å². The zero-order valence-corrected chi connectivity index (χ0v) is 25.1. The van der Waals surface area contributed by atoms with Crippen LogP contribution in [0.25, 0.3) is 33.2 Å². The summed E-state index contributed by atoms with van der Waals surface area (Å²) in [6, 6.07) is 23.2.